The van der Waals surface area contributed by atoms with E-state index in [4.69, 9.17) is 5.11 Å². The van der Waals surface area contributed by atoms with Crippen molar-refractivity contribution in [3.8, 4) is 0 Å². The predicted octanol–water partition coefficient (Wildman–Crippen LogP) is 1.70. The van der Waals surface area contributed by atoms with E-state index in [-0.39, 0.29) is 6.61 Å². The average molecular weight is 289 g/mol. The maximum Gasteiger partial charge on any atom is 0.252 e. The molecule has 0 amide bonds. The molecule has 0 bridgehead atoms. The van der Waals surface area contributed by atoms with E-state index in [0.717, 1.165) is 17.7 Å². The summed E-state index contributed by atoms with van der Waals surface area (Å²) in [6.07, 6.45) is 2.40. The van der Waals surface area contributed by atoms with Gasteiger partial charge >= 0.3 is 0 Å². The van der Waals surface area contributed by atoms with Crippen LogP contribution in [0, 0.1) is 5.92 Å². The van der Waals surface area contributed by atoms with Crippen molar-refractivity contribution in [3.05, 3.63) is 17.0 Å². The summed E-state index contributed by atoms with van der Waals surface area (Å²) >= 11 is 1.27. The van der Waals surface area contributed by atoms with Crippen molar-refractivity contribution in [2.24, 2.45) is 5.92 Å². The van der Waals surface area contributed by atoms with E-state index in [9.17, 15) is 8.42 Å². The zero-order valence-electron chi connectivity index (χ0n) is 10.5. The van der Waals surface area contributed by atoms with Crippen LogP contribution < -0.4 is 0 Å². The normalized spacial score (nSPS) is 19.2. The summed E-state index contributed by atoms with van der Waals surface area (Å²) in [6.45, 7) is 3.46. The van der Waals surface area contributed by atoms with Crippen molar-refractivity contribution in [2.45, 2.75) is 30.4 Å². The second-order valence-electron chi connectivity index (χ2n) is 4.78. The van der Waals surface area contributed by atoms with E-state index < -0.39 is 10.0 Å². The largest absolute Gasteiger partial charge is 0.396 e. The van der Waals surface area contributed by atoms with Gasteiger partial charge in [-0.15, -0.1) is 11.3 Å². The number of aliphatic hydroxyl groups excluding tert-OH is 1. The van der Waals surface area contributed by atoms with Gasteiger partial charge in [-0.2, -0.15) is 4.31 Å². The first-order valence-electron chi connectivity index (χ1n) is 6.24. The van der Waals surface area contributed by atoms with E-state index in [1.807, 2.05) is 0 Å². The first-order chi connectivity index (χ1) is 8.54. The second kappa shape index (κ2) is 5.69. The van der Waals surface area contributed by atoms with Gasteiger partial charge in [-0.05, 0) is 30.9 Å². The van der Waals surface area contributed by atoms with Gasteiger partial charge in [-0.1, -0.05) is 6.92 Å². The molecule has 1 aliphatic heterocycles. The Balaban J connectivity index is 2.14. The molecule has 0 atom stereocenters. The minimum absolute atomic E-state index is 0.0568. The summed E-state index contributed by atoms with van der Waals surface area (Å²) in [5, 5.41) is 8.86. The molecule has 6 heteroatoms. The summed E-state index contributed by atoms with van der Waals surface area (Å²) in [4.78, 5) is 0.918. The van der Waals surface area contributed by atoms with E-state index in [2.05, 4.69) is 6.92 Å². The fraction of sp³-hybridized carbons (Fsp3) is 0.667. The molecule has 0 spiro atoms. The van der Waals surface area contributed by atoms with Crippen LogP contribution in [-0.2, 0) is 16.4 Å². The minimum Gasteiger partial charge on any atom is -0.396 e. The molecule has 0 aromatic carbocycles. The molecule has 18 heavy (non-hydrogen) atoms. The van der Waals surface area contributed by atoms with Crippen molar-refractivity contribution >= 4 is 21.4 Å². The molecule has 0 aliphatic carbocycles. The molecule has 0 unspecified atom stereocenters. The predicted molar refractivity (Wildman–Crippen MR) is 72.3 cm³/mol. The molecule has 1 aromatic rings. The van der Waals surface area contributed by atoms with Gasteiger partial charge in [0.2, 0.25) is 0 Å². The lowest BCUT2D eigenvalue weighted by molar-refractivity contribution is 0.288. The zero-order valence-corrected chi connectivity index (χ0v) is 12.1. The Hall–Kier alpha value is -0.430. The summed E-state index contributed by atoms with van der Waals surface area (Å²) in [5.74, 6) is 0.615. The fourth-order valence-electron chi connectivity index (χ4n) is 2.09. The number of thiophene rings is 1. The Labute approximate surface area is 112 Å². The van der Waals surface area contributed by atoms with Crippen molar-refractivity contribution < 1.29 is 13.5 Å². The lowest BCUT2D eigenvalue weighted by Crippen LogP contribution is -2.37. The van der Waals surface area contributed by atoms with Crippen LogP contribution in [-0.4, -0.2) is 37.5 Å². The summed E-state index contributed by atoms with van der Waals surface area (Å²) in [5.41, 5.74) is 0. The first kappa shape index (κ1) is 14.0. The van der Waals surface area contributed by atoms with Gasteiger partial charge in [-0.3, -0.25) is 0 Å². The van der Waals surface area contributed by atoms with E-state index in [1.165, 1.54) is 11.3 Å². The van der Waals surface area contributed by atoms with Crippen LogP contribution >= 0.6 is 11.3 Å². The molecule has 0 radical (unpaired) electrons. The van der Waals surface area contributed by atoms with E-state index in [0.29, 0.717) is 29.6 Å². The lowest BCUT2D eigenvalue weighted by atomic mass is 10.0. The average Bonchev–Trinajstić information content (AvgIpc) is 2.79. The number of rotatable bonds is 4. The van der Waals surface area contributed by atoms with Gasteiger partial charge in [-0.25, -0.2) is 8.42 Å². The van der Waals surface area contributed by atoms with E-state index >= 15 is 0 Å². The maximum absolute atomic E-state index is 12.4. The number of piperidine rings is 1. The first-order valence-corrected chi connectivity index (χ1v) is 8.49. The van der Waals surface area contributed by atoms with Gasteiger partial charge in [0.1, 0.15) is 4.21 Å². The molecule has 1 aliphatic rings. The van der Waals surface area contributed by atoms with Crippen LogP contribution in [0.15, 0.2) is 16.3 Å². The van der Waals surface area contributed by atoms with E-state index in [1.54, 1.807) is 16.4 Å². The highest BCUT2D eigenvalue weighted by atomic mass is 32.2. The minimum atomic E-state index is -3.31. The van der Waals surface area contributed by atoms with Crippen molar-refractivity contribution in [3.63, 3.8) is 0 Å². The highest BCUT2D eigenvalue weighted by Gasteiger charge is 2.29. The Morgan fingerprint density at radius 1 is 1.39 bits per heavy atom. The van der Waals surface area contributed by atoms with Crippen molar-refractivity contribution in [1.29, 1.82) is 0 Å². The SMILES string of the molecule is CC1CCN(S(=O)(=O)c2ccc(CCO)s2)CC1. The van der Waals surface area contributed by atoms with Crippen LogP contribution in [0.25, 0.3) is 0 Å². The smallest absolute Gasteiger partial charge is 0.252 e. The third kappa shape index (κ3) is 2.93. The highest BCUT2D eigenvalue weighted by molar-refractivity contribution is 7.91. The van der Waals surface area contributed by atoms with Gasteiger partial charge in [0, 0.05) is 31.0 Å². The molecule has 2 heterocycles. The maximum atomic E-state index is 12.4. The third-order valence-electron chi connectivity index (χ3n) is 3.33. The molecule has 1 N–H and O–H groups in total. The summed E-state index contributed by atoms with van der Waals surface area (Å²) < 4.78 is 26.8. The van der Waals surface area contributed by atoms with Gasteiger partial charge in [0.25, 0.3) is 10.0 Å². The number of hydrogen-bond acceptors (Lipinski definition) is 4. The number of aliphatic hydroxyl groups is 1. The van der Waals surface area contributed by atoms with Crippen molar-refractivity contribution in [2.75, 3.05) is 19.7 Å². The topological polar surface area (TPSA) is 57.6 Å². The molecule has 2 rings (SSSR count). The molecule has 102 valence electrons. The second-order valence-corrected chi connectivity index (χ2v) is 8.11. The molecular formula is C12H19NO3S2. The molecular weight excluding hydrogens is 270 g/mol. The Morgan fingerprint density at radius 3 is 2.67 bits per heavy atom. The van der Waals surface area contributed by atoms with Gasteiger partial charge in [0.15, 0.2) is 0 Å². The van der Waals surface area contributed by atoms with Gasteiger partial charge < -0.3 is 5.11 Å². The molecule has 1 aromatic heterocycles. The number of sulfonamides is 1. The van der Waals surface area contributed by atoms with Crippen LogP contribution in [0.2, 0.25) is 0 Å². The Morgan fingerprint density at radius 2 is 2.06 bits per heavy atom. The number of nitrogens with zero attached hydrogens (tertiary/aromatic N) is 1. The molecule has 1 fully saturated rings. The lowest BCUT2D eigenvalue weighted by Gasteiger charge is -2.28. The van der Waals surface area contributed by atoms with Crippen LogP contribution in [0.5, 0.6) is 0 Å². The summed E-state index contributed by atoms with van der Waals surface area (Å²) in [6, 6.07) is 3.45. The van der Waals surface area contributed by atoms with Gasteiger partial charge in [0.05, 0.1) is 0 Å². The van der Waals surface area contributed by atoms with Crippen molar-refractivity contribution in [1.82, 2.24) is 4.31 Å². The monoisotopic (exact) mass is 289 g/mol. The molecule has 1 saturated heterocycles. The fourth-order valence-corrected chi connectivity index (χ4v) is 5.06. The highest BCUT2D eigenvalue weighted by Crippen LogP contribution is 2.28. The van der Waals surface area contributed by atoms with Crippen LogP contribution in [0.3, 0.4) is 0 Å². The standard InChI is InChI=1S/C12H19NO3S2/c1-10-4-7-13(8-5-10)18(15,16)12-3-2-11(17-12)6-9-14/h2-3,10,14H,4-9H2,1H3. The Kier molecular flexibility index (Phi) is 4.42. The third-order valence-corrected chi connectivity index (χ3v) is 6.84. The Bertz CT molecular complexity index is 487. The number of hydrogen-bond donors (Lipinski definition) is 1. The van der Waals surface area contributed by atoms with Crippen LogP contribution in [0.1, 0.15) is 24.6 Å². The molecule has 4 nitrogen and oxygen atoms in total. The molecule has 0 saturated carbocycles. The quantitative estimate of drug-likeness (QED) is 0.918. The van der Waals surface area contributed by atoms with Crippen LogP contribution in [0.4, 0.5) is 0 Å². The zero-order chi connectivity index (χ0) is 13.2. The summed E-state index contributed by atoms with van der Waals surface area (Å²) in [7, 11) is -3.31.